The van der Waals surface area contributed by atoms with Gasteiger partial charge in [0.05, 0.1) is 7.11 Å². The van der Waals surface area contributed by atoms with Gasteiger partial charge in [0.15, 0.2) is 0 Å². The van der Waals surface area contributed by atoms with E-state index in [0.717, 1.165) is 16.9 Å². The van der Waals surface area contributed by atoms with Gasteiger partial charge in [0.2, 0.25) is 5.91 Å². The lowest BCUT2D eigenvalue weighted by Crippen LogP contribution is -2.49. The smallest absolute Gasteiger partial charge is 0.244 e. The summed E-state index contributed by atoms with van der Waals surface area (Å²) < 4.78 is 5.36. The highest BCUT2D eigenvalue weighted by molar-refractivity contribution is 5.87. The summed E-state index contributed by atoms with van der Waals surface area (Å²) in [5.74, 6) is 0.652. The van der Waals surface area contributed by atoms with Crippen molar-refractivity contribution in [2.75, 3.05) is 13.7 Å². The molecule has 0 radical (unpaired) electrons. The Morgan fingerprint density at radius 3 is 2.50 bits per heavy atom. The van der Waals surface area contributed by atoms with Gasteiger partial charge in [-0.2, -0.15) is 0 Å². The molecule has 2 aromatic carbocycles. The Balaban J connectivity index is 0.00000288. The summed E-state index contributed by atoms with van der Waals surface area (Å²) in [5, 5.41) is 2.92. The molecule has 0 bridgehead atoms. The summed E-state index contributed by atoms with van der Waals surface area (Å²) in [7, 11) is 1.65. The molecule has 0 fully saturated rings. The number of ether oxygens (including phenoxy) is 1. The molecular formula is C19H25ClN2O2. The van der Waals surface area contributed by atoms with Crippen LogP contribution in [0.5, 0.6) is 5.75 Å². The molecule has 0 aromatic heterocycles. The molecule has 0 aliphatic carbocycles. The maximum atomic E-state index is 12.4. The van der Waals surface area contributed by atoms with Crippen LogP contribution >= 0.6 is 12.4 Å². The van der Waals surface area contributed by atoms with Crippen LogP contribution in [0.1, 0.15) is 23.6 Å². The highest BCUT2D eigenvalue weighted by Crippen LogP contribution is 2.20. The zero-order valence-electron chi connectivity index (χ0n) is 14.3. The molecule has 2 rings (SSSR count). The van der Waals surface area contributed by atoms with Gasteiger partial charge in [-0.05, 0) is 37.5 Å². The van der Waals surface area contributed by atoms with E-state index in [-0.39, 0.29) is 18.3 Å². The first kappa shape index (κ1) is 20.0. The fourth-order valence-corrected chi connectivity index (χ4v) is 2.51. The first-order valence-electron chi connectivity index (χ1n) is 7.71. The number of methoxy groups -OCH3 is 1. The summed E-state index contributed by atoms with van der Waals surface area (Å²) in [6.45, 7) is 4.27. The molecule has 130 valence electrons. The van der Waals surface area contributed by atoms with Crippen molar-refractivity contribution >= 4 is 18.3 Å². The summed E-state index contributed by atoms with van der Waals surface area (Å²) >= 11 is 0. The third-order valence-electron chi connectivity index (χ3n) is 3.96. The van der Waals surface area contributed by atoms with Crippen molar-refractivity contribution < 1.29 is 9.53 Å². The van der Waals surface area contributed by atoms with Crippen molar-refractivity contribution in [2.45, 2.75) is 25.8 Å². The third-order valence-corrected chi connectivity index (χ3v) is 3.96. The van der Waals surface area contributed by atoms with Gasteiger partial charge in [0.25, 0.3) is 0 Å². The van der Waals surface area contributed by atoms with E-state index < -0.39 is 5.54 Å². The number of amides is 1. The van der Waals surface area contributed by atoms with Crippen LogP contribution in [0.25, 0.3) is 0 Å². The molecule has 1 amide bonds. The van der Waals surface area contributed by atoms with Gasteiger partial charge < -0.3 is 15.8 Å². The number of rotatable bonds is 6. The predicted octanol–water partition coefficient (Wildman–Crippen LogP) is 2.96. The number of benzene rings is 2. The number of halogens is 1. The molecule has 3 N–H and O–H groups in total. The minimum absolute atomic E-state index is 0. The van der Waals surface area contributed by atoms with Crippen LogP contribution in [0, 0.1) is 6.92 Å². The van der Waals surface area contributed by atoms with Crippen molar-refractivity contribution in [3.63, 3.8) is 0 Å². The molecule has 0 saturated carbocycles. The summed E-state index contributed by atoms with van der Waals surface area (Å²) in [5.41, 5.74) is 8.20. The Morgan fingerprint density at radius 2 is 1.88 bits per heavy atom. The molecule has 0 aliphatic heterocycles. The Hall–Kier alpha value is -2.04. The van der Waals surface area contributed by atoms with E-state index in [0.29, 0.717) is 13.0 Å². The van der Waals surface area contributed by atoms with Crippen LogP contribution in [0.15, 0.2) is 48.5 Å². The lowest BCUT2D eigenvalue weighted by atomic mass is 9.92. The Morgan fingerprint density at radius 1 is 1.21 bits per heavy atom. The minimum Gasteiger partial charge on any atom is -0.496 e. The van der Waals surface area contributed by atoms with Gasteiger partial charge in [0, 0.05) is 6.54 Å². The molecule has 1 unspecified atom stereocenters. The SMILES string of the molecule is COc1ccc(C)cc1CCNC(=O)C(C)(N)c1ccccc1.Cl. The standard InChI is InChI=1S/C19H24N2O2.ClH/c1-14-9-10-17(23-3)15(13-14)11-12-21-18(22)19(2,20)16-7-5-4-6-8-16;/h4-10,13H,11-12,20H2,1-3H3,(H,21,22);1H. The Kier molecular flexibility index (Phi) is 7.26. The Bertz CT molecular complexity index is 672. The van der Waals surface area contributed by atoms with Gasteiger partial charge in [-0.15, -0.1) is 12.4 Å². The van der Waals surface area contributed by atoms with Crippen LogP contribution in [-0.2, 0) is 16.8 Å². The van der Waals surface area contributed by atoms with Crippen molar-refractivity contribution in [3.05, 3.63) is 65.2 Å². The van der Waals surface area contributed by atoms with Crippen molar-refractivity contribution in [1.29, 1.82) is 0 Å². The molecule has 0 spiro atoms. The van der Waals surface area contributed by atoms with E-state index >= 15 is 0 Å². The van der Waals surface area contributed by atoms with Crippen LogP contribution in [-0.4, -0.2) is 19.6 Å². The zero-order chi connectivity index (χ0) is 16.9. The second-order valence-electron chi connectivity index (χ2n) is 5.89. The lowest BCUT2D eigenvalue weighted by Gasteiger charge is -2.24. The maximum Gasteiger partial charge on any atom is 0.244 e. The normalized spacial score (nSPS) is 12.7. The summed E-state index contributed by atoms with van der Waals surface area (Å²) in [6.07, 6.45) is 0.696. The first-order valence-corrected chi connectivity index (χ1v) is 7.71. The number of carbonyl (C=O) groups is 1. The molecule has 2 aromatic rings. The molecule has 24 heavy (non-hydrogen) atoms. The maximum absolute atomic E-state index is 12.4. The van der Waals surface area contributed by atoms with Crippen molar-refractivity contribution in [2.24, 2.45) is 5.73 Å². The highest BCUT2D eigenvalue weighted by Gasteiger charge is 2.29. The van der Waals surface area contributed by atoms with Crippen molar-refractivity contribution in [1.82, 2.24) is 5.32 Å². The highest BCUT2D eigenvalue weighted by atomic mass is 35.5. The van der Waals surface area contributed by atoms with Crippen LogP contribution in [0.4, 0.5) is 0 Å². The fraction of sp³-hybridized carbons (Fsp3) is 0.316. The van der Waals surface area contributed by atoms with Gasteiger partial charge >= 0.3 is 0 Å². The molecule has 1 atom stereocenters. The van der Waals surface area contributed by atoms with Gasteiger partial charge in [-0.25, -0.2) is 0 Å². The van der Waals surface area contributed by atoms with E-state index in [9.17, 15) is 4.79 Å². The van der Waals surface area contributed by atoms with Gasteiger partial charge in [-0.1, -0.05) is 48.0 Å². The second kappa shape index (κ2) is 8.71. The number of hydrogen-bond donors (Lipinski definition) is 2. The molecule has 0 heterocycles. The number of nitrogens with one attached hydrogen (secondary N) is 1. The van der Waals surface area contributed by atoms with Crippen LogP contribution in [0.2, 0.25) is 0 Å². The van der Waals surface area contributed by atoms with Crippen LogP contribution in [0.3, 0.4) is 0 Å². The van der Waals surface area contributed by atoms with E-state index in [1.54, 1.807) is 14.0 Å². The van der Waals surface area contributed by atoms with Crippen molar-refractivity contribution in [3.8, 4) is 5.75 Å². The molecule has 5 heteroatoms. The average molecular weight is 349 g/mol. The zero-order valence-corrected chi connectivity index (χ0v) is 15.2. The third kappa shape index (κ3) is 4.73. The largest absolute Gasteiger partial charge is 0.496 e. The van der Waals surface area contributed by atoms with Crippen LogP contribution < -0.4 is 15.8 Å². The molecule has 4 nitrogen and oxygen atoms in total. The van der Waals surface area contributed by atoms with E-state index in [1.807, 2.05) is 49.4 Å². The quantitative estimate of drug-likeness (QED) is 0.843. The predicted molar refractivity (Wildman–Crippen MR) is 99.7 cm³/mol. The monoisotopic (exact) mass is 348 g/mol. The minimum atomic E-state index is -1.04. The number of aryl methyl sites for hydroxylation is 1. The fourth-order valence-electron chi connectivity index (χ4n) is 2.51. The van der Waals surface area contributed by atoms with Gasteiger partial charge in [-0.3, -0.25) is 4.79 Å². The summed E-state index contributed by atoms with van der Waals surface area (Å²) in [6, 6.07) is 15.4. The molecular weight excluding hydrogens is 324 g/mol. The Labute approximate surface area is 149 Å². The number of carbonyl (C=O) groups excluding carboxylic acids is 1. The van der Waals surface area contributed by atoms with E-state index in [4.69, 9.17) is 10.5 Å². The lowest BCUT2D eigenvalue weighted by molar-refractivity contribution is -0.126. The average Bonchev–Trinajstić information content (AvgIpc) is 2.55. The van der Waals surface area contributed by atoms with E-state index in [1.165, 1.54) is 5.56 Å². The topological polar surface area (TPSA) is 64.3 Å². The summed E-state index contributed by atoms with van der Waals surface area (Å²) in [4.78, 5) is 12.4. The number of hydrogen-bond acceptors (Lipinski definition) is 3. The second-order valence-corrected chi connectivity index (χ2v) is 5.89. The van der Waals surface area contributed by atoms with Gasteiger partial charge in [0.1, 0.15) is 11.3 Å². The van der Waals surface area contributed by atoms with E-state index in [2.05, 4.69) is 11.4 Å². The molecule has 0 saturated heterocycles. The first-order chi connectivity index (χ1) is 10.9. The number of nitrogens with two attached hydrogens (primary N) is 1. The molecule has 0 aliphatic rings.